The van der Waals surface area contributed by atoms with E-state index in [2.05, 4.69) is 15.7 Å². The molecule has 0 radical (unpaired) electrons. The minimum atomic E-state index is -0.0317. The van der Waals surface area contributed by atoms with Crippen LogP contribution in [0.3, 0.4) is 0 Å². The number of nitrogens with zero attached hydrogens (tertiary/aromatic N) is 4. The standard InChI is InChI=1S/C15H19N5O2/c1-11-3-4-14(20-16-5-6-17-20)13(9-11)15(21)19-8-7-18-22-10-12(19)2/h3-6,9,12,18H,7-8,10H2,1-2H3/t12-/m1/s1. The molecule has 1 saturated heterocycles. The van der Waals surface area contributed by atoms with Crippen LogP contribution in [0.1, 0.15) is 22.8 Å². The quantitative estimate of drug-likeness (QED) is 0.894. The molecule has 1 aliphatic rings. The summed E-state index contributed by atoms with van der Waals surface area (Å²) in [4.78, 5) is 21.6. The second-order valence-corrected chi connectivity index (χ2v) is 5.39. The third kappa shape index (κ3) is 2.86. The van der Waals surface area contributed by atoms with Crippen LogP contribution in [-0.2, 0) is 4.84 Å². The van der Waals surface area contributed by atoms with E-state index in [0.29, 0.717) is 30.9 Å². The SMILES string of the molecule is Cc1ccc(-n2nccn2)c(C(=O)N2CCNOC[C@H]2C)c1. The number of aromatic nitrogens is 3. The van der Waals surface area contributed by atoms with Crippen LogP contribution in [0.5, 0.6) is 0 Å². The lowest BCUT2D eigenvalue weighted by atomic mass is 10.1. The summed E-state index contributed by atoms with van der Waals surface area (Å²) in [5.74, 6) is -0.0317. The van der Waals surface area contributed by atoms with Gasteiger partial charge in [-0.25, -0.2) is 5.48 Å². The summed E-state index contributed by atoms with van der Waals surface area (Å²) in [5.41, 5.74) is 5.16. The first kappa shape index (κ1) is 14.7. The molecule has 0 aliphatic carbocycles. The summed E-state index contributed by atoms with van der Waals surface area (Å²) in [7, 11) is 0. The van der Waals surface area contributed by atoms with Crippen molar-refractivity contribution < 1.29 is 9.63 Å². The molecule has 1 fully saturated rings. The highest BCUT2D eigenvalue weighted by Crippen LogP contribution is 2.19. The lowest BCUT2D eigenvalue weighted by Gasteiger charge is -2.26. The Morgan fingerprint density at radius 2 is 2.14 bits per heavy atom. The summed E-state index contributed by atoms with van der Waals surface area (Å²) in [5, 5.41) is 8.28. The molecule has 1 N–H and O–H groups in total. The number of nitrogens with one attached hydrogen (secondary N) is 1. The number of hydroxylamine groups is 1. The largest absolute Gasteiger partial charge is 0.332 e. The van der Waals surface area contributed by atoms with Crippen LogP contribution in [0.15, 0.2) is 30.6 Å². The van der Waals surface area contributed by atoms with E-state index in [0.717, 1.165) is 5.56 Å². The summed E-state index contributed by atoms with van der Waals surface area (Å²) in [6.45, 7) is 5.62. The molecule has 0 saturated carbocycles. The first-order valence-corrected chi connectivity index (χ1v) is 7.30. The Kier molecular flexibility index (Phi) is 4.17. The van der Waals surface area contributed by atoms with Gasteiger partial charge in [0.05, 0.1) is 36.3 Å². The maximum atomic E-state index is 13.0. The second-order valence-electron chi connectivity index (χ2n) is 5.39. The van der Waals surface area contributed by atoms with E-state index in [1.165, 1.54) is 4.80 Å². The van der Waals surface area contributed by atoms with Gasteiger partial charge in [0.1, 0.15) is 0 Å². The molecule has 1 atom stereocenters. The van der Waals surface area contributed by atoms with E-state index in [4.69, 9.17) is 4.84 Å². The van der Waals surface area contributed by atoms with Gasteiger partial charge in [0.2, 0.25) is 0 Å². The van der Waals surface area contributed by atoms with Crippen molar-refractivity contribution in [3.8, 4) is 5.69 Å². The number of hydrogen-bond donors (Lipinski definition) is 1. The molecule has 7 heteroatoms. The number of benzene rings is 1. The van der Waals surface area contributed by atoms with Crippen molar-refractivity contribution in [2.75, 3.05) is 19.7 Å². The van der Waals surface area contributed by atoms with Gasteiger partial charge < -0.3 is 4.90 Å². The zero-order valence-electron chi connectivity index (χ0n) is 12.7. The molecule has 3 rings (SSSR count). The fourth-order valence-electron chi connectivity index (χ4n) is 2.52. The molecular formula is C15H19N5O2. The van der Waals surface area contributed by atoms with Crippen LogP contribution in [0.2, 0.25) is 0 Å². The molecular weight excluding hydrogens is 282 g/mol. The predicted octanol–water partition coefficient (Wildman–Crippen LogP) is 0.941. The first-order valence-electron chi connectivity index (χ1n) is 7.30. The minimum absolute atomic E-state index is 0.00134. The van der Waals surface area contributed by atoms with Crippen molar-refractivity contribution in [1.82, 2.24) is 25.4 Å². The average molecular weight is 301 g/mol. The molecule has 7 nitrogen and oxygen atoms in total. The number of amides is 1. The Balaban J connectivity index is 1.99. The Morgan fingerprint density at radius 3 is 2.91 bits per heavy atom. The number of hydrogen-bond acceptors (Lipinski definition) is 5. The first-order chi connectivity index (χ1) is 10.7. The predicted molar refractivity (Wildman–Crippen MR) is 80.5 cm³/mol. The second kappa shape index (κ2) is 6.25. The molecule has 116 valence electrons. The fraction of sp³-hybridized carbons (Fsp3) is 0.400. The topological polar surface area (TPSA) is 72.3 Å². The van der Waals surface area contributed by atoms with Gasteiger partial charge >= 0.3 is 0 Å². The van der Waals surface area contributed by atoms with Gasteiger partial charge in [-0.2, -0.15) is 15.0 Å². The van der Waals surface area contributed by atoms with Gasteiger partial charge in [-0.3, -0.25) is 9.63 Å². The Labute approximate surface area is 128 Å². The van der Waals surface area contributed by atoms with Crippen LogP contribution in [0.25, 0.3) is 5.69 Å². The number of rotatable bonds is 2. The highest BCUT2D eigenvalue weighted by atomic mass is 16.6. The molecule has 2 aromatic rings. The van der Waals surface area contributed by atoms with Gasteiger partial charge in [0.25, 0.3) is 5.91 Å². The summed E-state index contributed by atoms with van der Waals surface area (Å²) >= 11 is 0. The van der Waals surface area contributed by atoms with Gasteiger partial charge in [-0.05, 0) is 26.0 Å². The minimum Gasteiger partial charge on any atom is -0.332 e. The molecule has 0 bridgehead atoms. The zero-order chi connectivity index (χ0) is 15.5. The third-order valence-electron chi connectivity index (χ3n) is 3.69. The molecule has 1 aromatic carbocycles. The summed E-state index contributed by atoms with van der Waals surface area (Å²) < 4.78 is 0. The molecule has 1 aliphatic heterocycles. The number of carbonyl (C=O) groups is 1. The maximum Gasteiger partial charge on any atom is 0.256 e. The molecule has 2 heterocycles. The van der Waals surface area contributed by atoms with Crippen LogP contribution in [0.4, 0.5) is 0 Å². The Morgan fingerprint density at radius 1 is 1.36 bits per heavy atom. The van der Waals surface area contributed by atoms with E-state index < -0.39 is 0 Å². The fourth-order valence-corrected chi connectivity index (χ4v) is 2.52. The van der Waals surface area contributed by atoms with E-state index in [1.54, 1.807) is 12.4 Å². The Hall–Kier alpha value is -2.25. The Bertz CT molecular complexity index is 656. The number of aryl methyl sites for hydroxylation is 1. The summed E-state index contributed by atoms with van der Waals surface area (Å²) in [6.07, 6.45) is 3.20. The van der Waals surface area contributed by atoms with Crippen molar-refractivity contribution in [3.05, 3.63) is 41.7 Å². The lowest BCUT2D eigenvalue weighted by Crippen LogP contribution is -2.41. The normalized spacial score (nSPS) is 19.0. The van der Waals surface area contributed by atoms with Crippen molar-refractivity contribution >= 4 is 5.91 Å². The lowest BCUT2D eigenvalue weighted by molar-refractivity contribution is 0.0346. The third-order valence-corrected chi connectivity index (χ3v) is 3.69. The highest BCUT2D eigenvalue weighted by molar-refractivity contribution is 5.98. The number of carbonyl (C=O) groups excluding carboxylic acids is 1. The molecule has 1 aromatic heterocycles. The highest BCUT2D eigenvalue weighted by Gasteiger charge is 2.26. The van der Waals surface area contributed by atoms with Crippen molar-refractivity contribution in [3.63, 3.8) is 0 Å². The smallest absolute Gasteiger partial charge is 0.256 e. The van der Waals surface area contributed by atoms with Crippen molar-refractivity contribution in [1.29, 1.82) is 0 Å². The van der Waals surface area contributed by atoms with Crippen LogP contribution >= 0.6 is 0 Å². The van der Waals surface area contributed by atoms with E-state index in [9.17, 15) is 4.79 Å². The molecule has 22 heavy (non-hydrogen) atoms. The van der Waals surface area contributed by atoms with Gasteiger partial charge in [-0.15, -0.1) is 0 Å². The monoisotopic (exact) mass is 301 g/mol. The average Bonchev–Trinajstić information content (AvgIpc) is 2.95. The van der Waals surface area contributed by atoms with Crippen LogP contribution < -0.4 is 5.48 Å². The van der Waals surface area contributed by atoms with Gasteiger partial charge in [0.15, 0.2) is 0 Å². The van der Waals surface area contributed by atoms with E-state index in [-0.39, 0.29) is 11.9 Å². The van der Waals surface area contributed by atoms with E-state index >= 15 is 0 Å². The molecule has 0 spiro atoms. The van der Waals surface area contributed by atoms with Crippen molar-refractivity contribution in [2.45, 2.75) is 19.9 Å². The maximum absolute atomic E-state index is 13.0. The van der Waals surface area contributed by atoms with Crippen LogP contribution in [0, 0.1) is 6.92 Å². The zero-order valence-corrected chi connectivity index (χ0v) is 12.7. The summed E-state index contributed by atoms with van der Waals surface area (Å²) in [6, 6.07) is 5.71. The van der Waals surface area contributed by atoms with E-state index in [1.807, 2.05) is 36.9 Å². The van der Waals surface area contributed by atoms with Gasteiger partial charge in [-0.1, -0.05) is 11.6 Å². The molecule has 1 amide bonds. The van der Waals surface area contributed by atoms with Crippen LogP contribution in [-0.4, -0.2) is 51.5 Å². The van der Waals surface area contributed by atoms with Gasteiger partial charge in [0, 0.05) is 13.1 Å². The molecule has 0 unspecified atom stereocenters. The van der Waals surface area contributed by atoms with Crippen molar-refractivity contribution in [2.24, 2.45) is 0 Å².